The minimum Gasteiger partial charge on any atom is -0.378 e. The summed E-state index contributed by atoms with van der Waals surface area (Å²) in [7, 11) is 0. The van der Waals surface area contributed by atoms with Gasteiger partial charge in [-0.2, -0.15) is 0 Å². The number of hydrogen-bond donors (Lipinski definition) is 1. The lowest BCUT2D eigenvalue weighted by Gasteiger charge is -2.27. The van der Waals surface area contributed by atoms with Gasteiger partial charge in [-0.3, -0.25) is 9.78 Å². The van der Waals surface area contributed by atoms with Crippen LogP contribution in [0.2, 0.25) is 0 Å². The van der Waals surface area contributed by atoms with E-state index in [9.17, 15) is 4.79 Å². The van der Waals surface area contributed by atoms with E-state index in [-0.39, 0.29) is 11.9 Å². The molecule has 1 aromatic rings. The fraction of sp³-hybridized carbons (Fsp3) is 0.667. The maximum atomic E-state index is 11.9. The Labute approximate surface area is 111 Å². The SMILES string of the molecule is CC(NCCC(=O)N1CCOCC1)c1cncs1. The number of hydrogen-bond acceptors (Lipinski definition) is 5. The Hall–Kier alpha value is -0.980. The van der Waals surface area contributed by atoms with Gasteiger partial charge in [0, 0.05) is 43.2 Å². The molecule has 100 valence electrons. The van der Waals surface area contributed by atoms with E-state index in [1.165, 1.54) is 4.88 Å². The lowest BCUT2D eigenvalue weighted by atomic mass is 10.2. The van der Waals surface area contributed by atoms with Crippen LogP contribution in [0.25, 0.3) is 0 Å². The topological polar surface area (TPSA) is 54.5 Å². The third-order valence-corrected chi connectivity index (χ3v) is 3.99. The summed E-state index contributed by atoms with van der Waals surface area (Å²) in [5.74, 6) is 0.210. The molecule has 1 N–H and O–H groups in total. The van der Waals surface area contributed by atoms with Crippen LogP contribution in [-0.2, 0) is 9.53 Å². The van der Waals surface area contributed by atoms with Crippen molar-refractivity contribution in [2.24, 2.45) is 0 Å². The lowest BCUT2D eigenvalue weighted by Crippen LogP contribution is -2.41. The Kier molecular flexibility index (Phi) is 5.10. The smallest absolute Gasteiger partial charge is 0.224 e. The zero-order chi connectivity index (χ0) is 12.8. The molecule has 1 aromatic heterocycles. The Balaban J connectivity index is 1.67. The minimum atomic E-state index is 0.210. The second-order valence-electron chi connectivity index (χ2n) is 4.32. The molecule has 1 atom stereocenters. The van der Waals surface area contributed by atoms with Gasteiger partial charge in [0.25, 0.3) is 0 Å². The highest BCUT2D eigenvalue weighted by Gasteiger charge is 2.16. The average Bonchev–Trinajstić information content (AvgIpc) is 2.93. The summed E-state index contributed by atoms with van der Waals surface area (Å²) in [6.45, 7) is 5.57. The van der Waals surface area contributed by atoms with Crippen LogP contribution in [-0.4, -0.2) is 48.6 Å². The number of thiazole rings is 1. The van der Waals surface area contributed by atoms with Gasteiger partial charge in [0.2, 0.25) is 5.91 Å². The normalized spacial score (nSPS) is 17.7. The van der Waals surface area contributed by atoms with Crippen LogP contribution in [0, 0.1) is 0 Å². The predicted octanol–water partition coefficient (Wildman–Crippen LogP) is 1.04. The molecule has 1 saturated heterocycles. The first-order valence-electron chi connectivity index (χ1n) is 6.24. The third kappa shape index (κ3) is 3.76. The zero-order valence-corrected chi connectivity index (χ0v) is 11.4. The summed E-state index contributed by atoms with van der Waals surface area (Å²) in [5, 5.41) is 3.35. The third-order valence-electron chi connectivity index (χ3n) is 3.03. The van der Waals surface area contributed by atoms with Gasteiger partial charge in [0.05, 0.1) is 18.7 Å². The van der Waals surface area contributed by atoms with Crippen molar-refractivity contribution >= 4 is 17.2 Å². The van der Waals surface area contributed by atoms with E-state index in [1.807, 2.05) is 16.6 Å². The van der Waals surface area contributed by atoms with Crippen LogP contribution < -0.4 is 5.32 Å². The monoisotopic (exact) mass is 269 g/mol. The number of ether oxygens (including phenoxy) is 1. The number of aromatic nitrogens is 1. The number of morpholine rings is 1. The molecule has 6 heteroatoms. The minimum absolute atomic E-state index is 0.210. The van der Waals surface area contributed by atoms with Gasteiger partial charge < -0.3 is 15.0 Å². The molecule has 5 nitrogen and oxygen atoms in total. The quantitative estimate of drug-likeness (QED) is 0.868. The summed E-state index contributed by atoms with van der Waals surface area (Å²) < 4.78 is 5.23. The van der Waals surface area contributed by atoms with Crippen molar-refractivity contribution in [3.8, 4) is 0 Å². The van der Waals surface area contributed by atoms with E-state index in [4.69, 9.17) is 4.74 Å². The first kappa shape index (κ1) is 13.5. The fourth-order valence-electron chi connectivity index (χ4n) is 1.91. The Bertz CT molecular complexity index is 363. The molecule has 1 fully saturated rings. The standard InChI is InChI=1S/C12H19N3O2S/c1-10(11-8-13-9-18-11)14-3-2-12(16)15-4-6-17-7-5-15/h8-10,14H,2-7H2,1H3. The molecule has 0 spiro atoms. The van der Waals surface area contributed by atoms with Gasteiger partial charge in [-0.05, 0) is 6.92 Å². The number of carbonyl (C=O) groups excluding carboxylic acids is 1. The molecule has 18 heavy (non-hydrogen) atoms. The lowest BCUT2D eigenvalue weighted by molar-refractivity contribution is -0.135. The van der Waals surface area contributed by atoms with E-state index in [1.54, 1.807) is 11.3 Å². The largest absolute Gasteiger partial charge is 0.378 e. The number of amides is 1. The molecule has 0 bridgehead atoms. The molecular formula is C12H19N3O2S. The van der Waals surface area contributed by atoms with Crippen LogP contribution in [0.1, 0.15) is 24.3 Å². The van der Waals surface area contributed by atoms with E-state index >= 15 is 0 Å². The van der Waals surface area contributed by atoms with Crippen LogP contribution in [0.15, 0.2) is 11.7 Å². The van der Waals surface area contributed by atoms with Crippen molar-refractivity contribution < 1.29 is 9.53 Å². The molecule has 1 aliphatic heterocycles. The summed E-state index contributed by atoms with van der Waals surface area (Å²) in [6, 6.07) is 0.259. The molecule has 1 unspecified atom stereocenters. The molecule has 1 aliphatic rings. The first-order valence-corrected chi connectivity index (χ1v) is 7.12. The molecule has 0 saturated carbocycles. The highest BCUT2D eigenvalue weighted by Crippen LogP contribution is 2.15. The van der Waals surface area contributed by atoms with E-state index < -0.39 is 0 Å². The second-order valence-corrected chi connectivity index (χ2v) is 5.24. The maximum absolute atomic E-state index is 11.9. The van der Waals surface area contributed by atoms with Gasteiger partial charge in [-0.15, -0.1) is 11.3 Å². The van der Waals surface area contributed by atoms with Crippen molar-refractivity contribution in [1.82, 2.24) is 15.2 Å². The molecule has 0 radical (unpaired) electrons. The Morgan fingerprint density at radius 3 is 3.06 bits per heavy atom. The molecular weight excluding hydrogens is 250 g/mol. The van der Waals surface area contributed by atoms with E-state index in [0.717, 1.165) is 13.1 Å². The zero-order valence-electron chi connectivity index (χ0n) is 10.6. The van der Waals surface area contributed by atoms with Gasteiger partial charge >= 0.3 is 0 Å². The summed E-state index contributed by atoms with van der Waals surface area (Å²) in [4.78, 5) is 19.0. The van der Waals surface area contributed by atoms with Crippen molar-refractivity contribution in [3.05, 3.63) is 16.6 Å². The van der Waals surface area contributed by atoms with Gasteiger partial charge in [-0.1, -0.05) is 0 Å². The molecule has 0 aliphatic carbocycles. The van der Waals surface area contributed by atoms with Gasteiger partial charge in [-0.25, -0.2) is 0 Å². The van der Waals surface area contributed by atoms with Crippen molar-refractivity contribution in [2.45, 2.75) is 19.4 Å². The number of rotatable bonds is 5. The number of nitrogens with one attached hydrogen (secondary N) is 1. The van der Waals surface area contributed by atoms with Crippen LogP contribution >= 0.6 is 11.3 Å². The Morgan fingerprint density at radius 1 is 1.61 bits per heavy atom. The summed E-state index contributed by atoms with van der Waals surface area (Å²) in [5.41, 5.74) is 1.83. The molecule has 2 rings (SSSR count). The van der Waals surface area contributed by atoms with Crippen molar-refractivity contribution in [2.75, 3.05) is 32.8 Å². The van der Waals surface area contributed by atoms with Crippen molar-refractivity contribution in [1.29, 1.82) is 0 Å². The van der Waals surface area contributed by atoms with E-state index in [0.29, 0.717) is 26.2 Å². The second kappa shape index (κ2) is 6.82. The first-order chi connectivity index (χ1) is 8.77. The highest BCUT2D eigenvalue weighted by atomic mass is 32.1. The van der Waals surface area contributed by atoms with Gasteiger partial charge in [0.15, 0.2) is 0 Å². The van der Waals surface area contributed by atoms with Crippen LogP contribution in [0.3, 0.4) is 0 Å². The summed E-state index contributed by atoms with van der Waals surface area (Å²) >= 11 is 1.63. The number of carbonyl (C=O) groups is 1. The maximum Gasteiger partial charge on any atom is 0.224 e. The van der Waals surface area contributed by atoms with Gasteiger partial charge in [0.1, 0.15) is 0 Å². The van der Waals surface area contributed by atoms with Crippen molar-refractivity contribution in [3.63, 3.8) is 0 Å². The highest BCUT2D eigenvalue weighted by molar-refractivity contribution is 7.09. The molecule has 0 aromatic carbocycles. The molecule has 2 heterocycles. The summed E-state index contributed by atoms with van der Waals surface area (Å²) in [6.07, 6.45) is 2.41. The predicted molar refractivity (Wildman–Crippen MR) is 70.5 cm³/mol. The number of nitrogens with zero attached hydrogens (tertiary/aromatic N) is 2. The van der Waals surface area contributed by atoms with Crippen LogP contribution in [0.5, 0.6) is 0 Å². The fourth-order valence-corrected chi connectivity index (χ4v) is 2.56. The molecule has 1 amide bonds. The van der Waals surface area contributed by atoms with E-state index in [2.05, 4.69) is 17.2 Å². The average molecular weight is 269 g/mol. The Morgan fingerprint density at radius 2 is 2.39 bits per heavy atom. The van der Waals surface area contributed by atoms with Crippen LogP contribution in [0.4, 0.5) is 0 Å².